The van der Waals surface area contributed by atoms with Gasteiger partial charge in [-0.15, -0.1) is 0 Å². The molecule has 0 spiro atoms. The van der Waals surface area contributed by atoms with E-state index in [0.29, 0.717) is 29.9 Å². The molecule has 1 aliphatic rings. The van der Waals surface area contributed by atoms with Gasteiger partial charge in [-0.25, -0.2) is 0 Å². The first-order valence-electron chi connectivity index (χ1n) is 11.7. The summed E-state index contributed by atoms with van der Waals surface area (Å²) in [5.74, 6) is -0.268. The number of benzene rings is 2. The topological polar surface area (TPSA) is 112 Å². The van der Waals surface area contributed by atoms with E-state index in [1.807, 2.05) is 49.4 Å². The summed E-state index contributed by atoms with van der Waals surface area (Å²) < 4.78 is 11.2. The number of rotatable bonds is 7. The van der Waals surface area contributed by atoms with E-state index in [2.05, 4.69) is 25.7 Å². The molecule has 1 fully saturated rings. The smallest absolute Gasteiger partial charge is 0.287 e. The molecule has 9 heteroatoms. The summed E-state index contributed by atoms with van der Waals surface area (Å²) in [6, 6.07) is 18.6. The van der Waals surface area contributed by atoms with Crippen LogP contribution in [0.25, 0.3) is 11.1 Å². The molecule has 35 heavy (non-hydrogen) atoms. The van der Waals surface area contributed by atoms with Crippen molar-refractivity contribution in [3.05, 3.63) is 77.6 Å². The molecule has 1 atom stereocenters. The average molecular weight is 474 g/mol. The van der Waals surface area contributed by atoms with E-state index in [1.165, 1.54) is 0 Å². The highest BCUT2D eigenvalue weighted by atomic mass is 16.5. The molecule has 0 saturated carbocycles. The second kappa shape index (κ2) is 10.0. The molecule has 0 aliphatic carbocycles. The largest absolute Gasteiger partial charge is 0.445 e. The van der Waals surface area contributed by atoms with Gasteiger partial charge in [-0.05, 0) is 36.2 Å². The molecule has 0 unspecified atom stereocenters. The third kappa shape index (κ3) is 4.90. The lowest BCUT2D eigenvalue weighted by atomic mass is 10.0. The van der Waals surface area contributed by atoms with Crippen molar-refractivity contribution in [2.75, 3.05) is 36.5 Å². The number of fused-ring (bicyclic) bond motifs is 1. The molecule has 1 aliphatic heterocycles. The monoisotopic (exact) mass is 473 g/mol. The van der Waals surface area contributed by atoms with Gasteiger partial charge in [0.1, 0.15) is 5.52 Å². The van der Waals surface area contributed by atoms with Crippen molar-refractivity contribution in [3.8, 4) is 0 Å². The fraction of sp³-hybridized carbons (Fsp3) is 0.269. The Kier molecular flexibility index (Phi) is 6.49. The first-order valence-corrected chi connectivity index (χ1v) is 11.7. The molecule has 3 heterocycles. The van der Waals surface area contributed by atoms with Gasteiger partial charge in [-0.2, -0.15) is 5.10 Å². The Labute approximate surface area is 202 Å². The van der Waals surface area contributed by atoms with Crippen molar-refractivity contribution >= 4 is 34.4 Å². The summed E-state index contributed by atoms with van der Waals surface area (Å²) in [5, 5.41) is 12.7. The van der Waals surface area contributed by atoms with Crippen LogP contribution in [0.4, 0.5) is 11.5 Å². The Balaban J connectivity index is 1.27. The molecular formula is C26H27N5O4. The molecule has 1 saturated heterocycles. The normalized spacial score (nSPS) is 14.6. The summed E-state index contributed by atoms with van der Waals surface area (Å²) in [5.41, 5.74) is 3.42. The fourth-order valence-corrected chi connectivity index (χ4v) is 4.17. The summed E-state index contributed by atoms with van der Waals surface area (Å²) in [4.78, 5) is 27.9. The average Bonchev–Trinajstić information content (AvgIpc) is 3.50. The maximum atomic E-state index is 12.8. The number of carbonyl (C=O) groups excluding carboxylic acids is 2. The maximum absolute atomic E-state index is 12.8. The standard InChI is InChI=1S/C26H27N5O4/c1-2-20(17-6-4-3-5-7-17)27-26(33)22-16-21-23(35-22)24(30-29-21)28-25(32)18-8-10-19(11-9-18)31-12-14-34-15-13-31/h3-11,16,20H,2,12-15H2,1H3,(H,27,33)(H2,28,29,30,32)/t20-/m1/s1. The van der Waals surface area contributed by atoms with Crippen LogP contribution in [0.3, 0.4) is 0 Å². The molecule has 2 amide bonds. The van der Waals surface area contributed by atoms with Crippen molar-refractivity contribution in [1.82, 2.24) is 15.5 Å². The SMILES string of the molecule is CC[C@@H](NC(=O)c1cc2[nH]nc(NC(=O)c3ccc(N4CCOCC4)cc3)c2o1)c1ccccc1. The number of carbonyl (C=O) groups is 2. The van der Waals surface area contributed by atoms with Crippen molar-refractivity contribution in [2.45, 2.75) is 19.4 Å². The predicted octanol–water partition coefficient (Wildman–Crippen LogP) is 4.13. The zero-order valence-electron chi connectivity index (χ0n) is 19.4. The van der Waals surface area contributed by atoms with Gasteiger partial charge in [0.05, 0.1) is 19.3 Å². The van der Waals surface area contributed by atoms with Gasteiger partial charge in [0.25, 0.3) is 11.8 Å². The molecule has 9 nitrogen and oxygen atoms in total. The minimum Gasteiger partial charge on any atom is -0.445 e. The van der Waals surface area contributed by atoms with Crippen LogP contribution in [-0.4, -0.2) is 48.3 Å². The highest BCUT2D eigenvalue weighted by Crippen LogP contribution is 2.26. The quantitative estimate of drug-likeness (QED) is 0.372. The second-order valence-corrected chi connectivity index (χ2v) is 8.37. The fourth-order valence-electron chi connectivity index (χ4n) is 4.17. The van der Waals surface area contributed by atoms with E-state index in [-0.39, 0.29) is 29.4 Å². The number of furan rings is 1. The van der Waals surface area contributed by atoms with E-state index in [4.69, 9.17) is 9.15 Å². The lowest BCUT2D eigenvalue weighted by molar-refractivity contribution is 0.0909. The molecule has 3 N–H and O–H groups in total. The van der Waals surface area contributed by atoms with E-state index in [0.717, 1.165) is 30.8 Å². The highest BCUT2D eigenvalue weighted by molar-refractivity contribution is 6.07. The van der Waals surface area contributed by atoms with Gasteiger partial charge in [-0.3, -0.25) is 14.7 Å². The number of hydrogen-bond donors (Lipinski definition) is 3. The van der Waals surface area contributed by atoms with E-state index in [1.54, 1.807) is 18.2 Å². The number of hydrogen-bond acceptors (Lipinski definition) is 6. The van der Waals surface area contributed by atoms with E-state index < -0.39 is 0 Å². The molecule has 180 valence electrons. The number of nitrogens with zero attached hydrogens (tertiary/aromatic N) is 2. The van der Waals surface area contributed by atoms with Crippen LogP contribution in [0.5, 0.6) is 0 Å². The first-order chi connectivity index (χ1) is 17.1. The summed E-state index contributed by atoms with van der Waals surface area (Å²) in [7, 11) is 0. The van der Waals surface area contributed by atoms with Crippen LogP contribution < -0.4 is 15.5 Å². The van der Waals surface area contributed by atoms with Crippen LogP contribution in [0.15, 0.2) is 65.1 Å². The Hall–Kier alpha value is -4.11. The van der Waals surface area contributed by atoms with Gasteiger partial charge in [0.15, 0.2) is 17.2 Å². The van der Waals surface area contributed by atoms with Crippen LogP contribution in [0.1, 0.15) is 45.9 Å². The van der Waals surface area contributed by atoms with Crippen LogP contribution >= 0.6 is 0 Å². The van der Waals surface area contributed by atoms with Crippen molar-refractivity contribution in [2.24, 2.45) is 0 Å². The second-order valence-electron chi connectivity index (χ2n) is 8.37. The van der Waals surface area contributed by atoms with Crippen molar-refractivity contribution < 1.29 is 18.7 Å². The molecule has 0 radical (unpaired) electrons. The Morgan fingerprint density at radius 1 is 1.06 bits per heavy atom. The number of morpholine rings is 1. The molecule has 2 aromatic carbocycles. The van der Waals surface area contributed by atoms with Crippen LogP contribution in [0.2, 0.25) is 0 Å². The third-order valence-corrected chi connectivity index (χ3v) is 6.11. The molecule has 2 aromatic heterocycles. The Morgan fingerprint density at radius 3 is 2.51 bits per heavy atom. The predicted molar refractivity (Wildman–Crippen MR) is 133 cm³/mol. The Bertz CT molecular complexity index is 1310. The number of aromatic amines is 1. The van der Waals surface area contributed by atoms with Gasteiger partial charge in [0.2, 0.25) is 0 Å². The van der Waals surface area contributed by atoms with Crippen LogP contribution in [-0.2, 0) is 4.74 Å². The first kappa shape index (κ1) is 22.7. The number of anilines is 2. The van der Waals surface area contributed by atoms with Crippen LogP contribution in [0, 0.1) is 0 Å². The molecular weight excluding hydrogens is 446 g/mol. The minimum atomic E-state index is -0.332. The highest BCUT2D eigenvalue weighted by Gasteiger charge is 2.21. The lowest BCUT2D eigenvalue weighted by Gasteiger charge is -2.28. The van der Waals surface area contributed by atoms with Crippen molar-refractivity contribution in [1.29, 1.82) is 0 Å². The lowest BCUT2D eigenvalue weighted by Crippen LogP contribution is -2.36. The number of aromatic nitrogens is 2. The van der Waals surface area contributed by atoms with E-state index >= 15 is 0 Å². The summed E-state index contributed by atoms with van der Waals surface area (Å²) in [6.45, 7) is 5.07. The van der Waals surface area contributed by atoms with Gasteiger partial charge in [-0.1, -0.05) is 37.3 Å². The zero-order valence-corrected chi connectivity index (χ0v) is 19.4. The van der Waals surface area contributed by atoms with E-state index in [9.17, 15) is 9.59 Å². The van der Waals surface area contributed by atoms with Gasteiger partial charge >= 0.3 is 0 Å². The van der Waals surface area contributed by atoms with Gasteiger partial charge in [0, 0.05) is 30.4 Å². The number of nitrogens with one attached hydrogen (secondary N) is 3. The van der Waals surface area contributed by atoms with Crippen molar-refractivity contribution in [3.63, 3.8) is 0 Å². The number of amides is 2. The zero-order chi connectivity index (χ0) is 24.2. The summed E-state index contributed by atoms with van der Waals surface area (Å²) >= 11 is 0. The third-order valence-electron chi connectivity index (χ3n) is 6.11. The Morgan fingerprint density at radius 2 is 1.80 bits per heavy atom. The molecule has 5 rings (SSSR count). The molecule has 0 bridgehead atoms. The number of ether oxygens (including phenoxy) is 1. The molecule has 4 aromatic rings. The minimum absolute atomic E-state index is 0.134. The van der Waals surface area contributed by atoms with Gasteiger partial charge < -0.3 is 24.7 Å². The number of H-pyrrole nitrogens is 1. The maximum Gasteiger partial charge on any atom is 0.287 e. The summed E-state index contributed by atoms with van der Waals surface area (Å²) in [6.07, 6.45) is 0.738.